The van der Waals surface area contributed by atoms with E-state index in [1.165, 1.54) is 41.7 Å². The molecule has 0 aliphatic carbocycles. The maximum Gasteiger partial charge on any atom is 0.322 e. The lowest BCUT2D eigenvalue weighted by Gasteiger charge is -2.26. The molecule has 0 saturated heterocycles. The molecule has 3 aromatic rings. The number of amides is 2. The van der Waals surface area contributed by atoms with Crippen molar-refractivity contribution in [2.75, 3.05) is 12.4 Å². The minimum Gasteiger partial charge on any atom is -0.327 e. The standard InChI is InChI=1S/C17H15ClFN5O2/c1-9(11-8-22-16(25)15-14(11)20-5-6-21-15)24(2)17(26)23-10-3-4-13(19)12(18)7-10/h3-9H,1-2H3,(H,22,25)(H,23,26)/t9-/m0/s1. The highest BCUT2D eigenvalue weighted by Gasteiger charge is 2.21. The van der Waals surface area contributed by atoms with Crippen LogP contribution in [0.4, 0.5) is 14.9 Å². The third-order valence-corrected chi connectivity index (χ3v) is 4.36. The lowest BCUT2D eigenvalue weighted by Crippen LogP contribution is -2.34. The molecule has 1 atom stereocenters. The first kappa shape index (κ1) is 17.8. The summed E-state index contributed by atoms with van der Waals surface area (Å²) in [5, 5.41) is 2.56. The molecule has 2 N–H and O–H groups in total. The van der Waals surface area contributed by atoms with Crippen LogP contribution in [0, 0.1) is 5.82 Å². The highest BCUT2D eigenvalue weighted by Crippen LogP contribution is 2.24. The molecule has 0 aliphatic rings. The van der Waals surface area contributed by atoms with E-state index in [0.29, 0.717) is 16.8 Å². The van der Waals surface area contributed by atoms with E-state index in [9.17, 15) is 14.0 Å². The molecule has 7 nitrogen and oxygen atoms in total. The van der Waals surface area contributed by atoms with E-state index in [1.807, 2.05) is 0 Å². The third-order valence-electron chi connectivity index (χ3n) is 4.07. The van der Waals surface area contributed by atoms with Crippen molar-refractivity contribution < 1.29 is 9.18 Å². The van der Waals surface area contributed by atoms with E-state index in [2.05, 4.69) is 20.3 Å². The third kappa shape index (κ3) is 3.36. The fraction of sp³-hybridized carbons (Fsp3) is 0.176. The predicted molar refractivity (Wildman–Crippen MR) is 96.8 cm³/mol. The summed E-state index contributed by atoms with van der Waals surface area (Å²) in [5.41, 5.74) is 1.29. The van der Waals surface area contributed by atoms with Crippen molar-refractivity contribution >= 4 is 34.4 Å². The summed E-state index contributed by atoms with van der Waals surface area (Å²) >= 11 is 5.73. The van der Waals surface area contributed by atoms with Gasteiger partial charge in [-0.25, -0.2) is 14.2 Å². The number of H-pyrrole nitrogens is 1. The van der Waals surface area contributed by atoms with Gasteiger partial charge in [-0.2, -0.15) is 0 Å². The topological polar surface area (TPSA) is 91.0 Å². The van der Waals surface area contributed by atoms with Gasteiger partial charge in [0.25, 0.3) is 5.56 Å². The number of halogens is 2. The number of nitrogens with one attached hydrogen (secondary N) is 2. The second-order valence-electron chi connectivity index (χ2n) is 5.67. The number of nitrogens with zero attached hydrogens (tertiary/aromatic N) is 3. The molecule has 0 aliphatic heterocycles. The summed E-state index contributed by atoms with van der Waals surface area (Å²) in [6.07, 6.45) is 4.43. The lowest BCUT2D eigenvalue weighted by molar-refractivity contribution is 0.208. The van der Waals surface area contributed by atoms with Crippen LogP contribution in [-0.2, 0) is 0 Å². The largest absolute Gasteiger partial charge is 0.327 e. The van der Waals surface area contributed by atoms with Crippen molar-refractivity contribution in [3.63, 3.8) is 0 Å². The van der Waals surface area contributed by atoms with Crippen molar-refractivity contribution in [2.45, 2.75) is 13.0 Å². The SMILES string of the molecule is C[C@@H](c1c[nH]c(=O)c2nccnc12)N(C)C(=O)Nc1ccc(F)c(Cl)c1. The number of aromatic nitrogens is 3. The van der Waals surface area contributed by atoms with Gasteiger partial charge in [0, 0.05) is 36.9 Å². The normalized spacial score (nSPS) is 12.0. The van der Waals surface area contributed by atoms with Crippen molar-refractivity contribution in [1.82, 2.24) is 19.9 Å². The number of urea groups is 1. The van der Waals surface area contributed by atoms with Gasteiger partial charge in [-0.05, 0) is 25.1 Å². The molecule has 0 spiro atoms. The van der Waals surface area contributed by atoms with Gasteiger partial charge < -0.3 is 15.2 Å². The molecule has 0 bridgehead atoms. The van der Waals surface area contributed by atoms with Crippen LogP contribution in [0.2, 0.25) is 5.02 Å². The molecular weight excluding hydrogens is 361 g/mol. The molecule has 1 aromatic carbocycles. The number of carbonyl (C=O) groups is 1. The van der Waals surface area contributed by atoms with E-state index in [1.54, 1.807) is 14.0 Å². The second-order valence-corrected chi connectivity index (χ2v) is 6.08. The average Bonchev–Trinajstić information content (AvgIpc) is 2.64. The van der Waals surface area contributed by atoms with E-state index in [-0.39, 0.29) is 16.1 Å². The number of benzene rings is 1. The summed E-state index contributed by atoms with van der Waals surface area (Å²) in [6.45, 7) is 1.79. The molecule has 3 rings (SSSR count). The zero-order chi connectivity index (χ0) is 18.8. The minimum absolute atomic E-state index is 0.0830. The monoisotopic (exact) mass is 375 g/mol. The Hall–Kier alpha value is -3.00. The van der Waals surface area contributed by atoms with Gasteiger partial charge in [0.05, 0.1) is 11.1 Å². The highest BCUT2D eigenvalue weighted by atomic mass is 35.5. The number of fused-ring (bicyclic) bond motifs is 1. The van der Waals surface area contributed by atoms with Crippen LogP contribution in [0.3, 0.4) is 0 Å². The van der Waals surface area contributed by atoms with Crippen LogP contribution in [0.15, 0.2) is 41.6 Å². The molecule has 134 valence electrons. The Morgan fingerprint density at radius 2 is 2.00 bits per heavy atom. The van der Waals surface area contributed by atoms with Gasteiger partial charge in [-0.1, -0.05) is 11.6 Å². The van der Waals surface area contributed by atoms with Crippen LogP contribution in [-0.4, -0.2) is 32.9 Å². The van der Waals surface area contributed by atoms with Crippen LogP contribution in [0.1, 0.15) is 18.5 Å². The van der Waals surface area contributed by atoms with Crippen LogP contribution in [0.5, 0.6) is 0 Å². The zero-order valence-electron chi connectivity index (χ0n) is 14.0. The molecule has 26 heavy (non-hydrogen) atoms. The van der Waals surface area contributed by atoms with Crippen LogP contribution < -0.4 is 10.9 Å². The van der Waals surface area contributed by atoms with Crippen LogP contribution in [0.25, 0.3) is 11.0 Å². The molecule has 2 heterocycles. The second kappa shape index (κ2) is 7.09. The van der Waals surface area contributed by atoms with Crippen molar-refractivity contribution in [2.24, 2.45) is 0 Å². The molecule has 0 unspecified atom stereocenters. The average molecular weight is 376 g/mol. The summed E-state index contributed by atoms with van der Waals surface area (Å²) in [6, 6.07) is 3.07. The number of hydrogen-bond acceptors (Lipinski definition) is 4. The van der Waals surface area contributed by atoms with Gasteiger partial charge in [0.2, 0.25) is 0 Å². The molecular formula is C17H15ClFN5O2. The first-order valence-electron chi connectivity index (χ1n) is 7.69. The van der Waals surface area contributed by atoms with Crippen LogP contribution >= 0.6 is 11.6 Å². The van der Waals surface area contributed by atoms with Crippen molar-refractivity contribution in [1.29, 1.82) is 0 Å². The highest BCUT2D eigenvalue weighted by molar-refractivity contribution is 6.31. The number of hydrogen-bond donors (Lipinski definition) is 2. The fourth-order valence-electron chi connectivity index (χ4n) is 2.48. The van der Waals surface area contributed by atoms with E-state index < -0.39 is 17.9 Å². The fourth-order valence-corrected chi connectivity index (χ4v) is 2.66. The molecule has 0 radical (unpaired) electrons. The number of carbonyl (C=O) groups excluding carboxylic acids is 1. The Bertz CT molecular complexity index is 1040. The number of anilines is 1. The van der Waals surface area contributed by atoms with Gasteiger partial charge in [-0.15, -0.1) is 0 Å². The zero-order valence-corrected chi connectivity index (χ0v) is 14.7. The molecule has 0 saturated carbocycles. The van der Waals surface area contributed by atoms with Gasteiger partial charge in [0.1, 0.15) is 11.3 Å². The molecule has 2 aromatic heterocycles. The van der Waals surface area contributed by atoms with Gasteiger partial charge >= 0.3 is 6.03 Å². The smallest absolute Gasteiger partial charge is 0.322 e. The van der Waals surface area contributed by atoms with Crippen molar-refractivity contribution in [3.8, 4) is 0 Å². The molecule has 9 heteroatoms. The summed E-state index contributed by atoms with van der Waals surface area (Å²) < 4.78 is 13.2. The van der Waals surface area contributed by atoms with Gasteiger partial charge in [0.15, 0.2) is 5.52 Å². The predicted octanol–water partition coefficient (Wildman–Crippen LogP) is 3.34. The minimum atomic E-state index is -0.565. The first-order chi connectivity index (χ1) is 12.4. The quantitative estimate of drug-likeness (QED) is 0.734. The number of rotatable bonds is 3. The lowest BCUT2D eigenvalue weighted by atomic mass is 10.1. The van der Waals surface area contributed by atoms with E-state index in [0.717, 1.165) is 0 Å². The number of aromatic amines is 1. The van der Waals surface area contributed by atoms with Crippen molar-refractivity contribution in [3.05, 3.63) is 63.5 Å². The Morgan fingerprint density at radius 3 is 2.69 bits per heavy atom. The van der Waals surface area contributed by atoms with E-state index in [4.69, 9.17) is 11.6 Å². The first-order valence-corrected chi connectivity index (χ1v) is 8.07. The molecule has 0 fully saturated rings. The summed E-state index contributed by atoms with van der Waals surface area (Å²) in [7, 11) is 1.60. The van der Waals surface area contributed by atoms with E-state index >= 15 is 0 Å². The Balaban J connectivity index is 1.86. The Labute approximate surface area is 152 Å². The summed E-state index contributed by atoms with van der Waals surface area (Å²) in [5.74, 6) is -0.565. The summed E-state index contributed by atoms with van der Waals surface area (Å²) in [4.78, 5) is 36.6. The maximum absolute atomic E-state index is 13.2. The number of pyridine rings is 1. The molecule has 2 amide bonds. The Morgan fingerprint density at radius 1 is 1.31 bits per heavy atom. The maximum atomic E-state index is 13.2. The van der Waals surface area contributed by atoms with Gasteiger partial charge in [-0.3, -0.25) is 9.78 Å². The Kier molecular flexibility index (Phi) is 4.85.